The number of rotatable bonds is 4. The van der Waals surface area contributed by atoms with Gasteiger partial charge in [-0.05, 0) is 25.1 Å². The van der Waals surface area contributed by atoms with Crippen molar-refractivity contribution in [3.05, 3.63) is 23.8 Å². The van der Waals surface area contributed by atoms with Gasteiger partial charge in [0.2, 0.25) is 0 Å². The summed E-state index contributed by atoms with van der Waals surface area (Å²) < 4.78 is 11.2. The molecule has 2 N–H and O–H groups in total. The van der Waals surface area contributed by atoms with E-state index in [0.717, 1.165) is 0 Å². The van der Waals surface area contributed by atoms with Gasteiger partial charge in [-0.15, -0.1) is 0 Å². The average molecular weight is 271 g/mol. The monoisotopic (exact) mass is 271 g/mol. The van der Waals surface area contributed by atoms with Gasteiger partial charge in [-0.3, -0.25) is 10.1 Å². The lowest BCUT2D eigenvalue weighted by molar-refractivity contribution is 0.0829. The summed E-state index contributed by atoms with van der Waals surface area (Å²) in [6.45, 7) is 1.72. The predicted octanol–water partition coefficient (Wildman–Crippen LogP) is -3.63. The first-order valence-electron chi connectivity index (χ1n) is 6.64. The highest BCUT2D eigenvalue weighted by atomic mass is 16.7. The van der Waals surface area contributed by atoms with Crippen LogP contribution in [0.15, 0.2) is 18.2 Å². The molecule has 1 aliphatic rings. The van der Waals surface area contributed by atoms with Crippen LogP contribution in [0.3, 0.4) is 0 Å². The molecular formula is C11H17B4NO4. The Morgan fingerprint density at radius 1 is 1.35 bits per heavy atom. The first kappa shape index (κ1) is 15.1. The van der Waals surface area contributed by atoms with Crippen molar-refractivity contribution in [1.29, 1.82) is 0 Å². The lowest BCUT2D eigenvalue weighted by Gasteiger charge is -2.24. The highest BCUT2D eigenvalue weighted by Crippen LogP contribution is 2.37. The van der Waals surface area contributed by atoms with Crippen LogP contribution in [0.5, 0.6) is 11.5 Å². The molecule has 0 aromatic heterocycles. The zero-order chi connectivity index (χ0) is 15.1. The van der Waals surface area contributed by atoms with Crippen LogP contribution in [-0.2, 0) is 0 Å². The van der Waals surface area contributed by atoms with Crippen molar-refractivity contribution in [3.8, 4) is 11.5 Å². The molecule has 20 heavy (non-hydrogen) atoms. The van der Waals surface area contributed by atoms with E-state index in [2.05, 4.69) is 5.32 Å². The third kappa shape index (κ3) is 3.41. The van der Waals surface area contributed by atoms with E-state index < -0.39 is 17.2 Å². The zero-order valence-electron chi connectivity index (χ0n) is 12.5. The van der Waals surface area contributed by atoms with Crippen molar-refractivity contribution in [1.82, 2.24) is 5.32 Å². The number of benzene rings is 1. The summed E-state index contributed by atoms with van der Waals surface area (Å²) in [7, 11) is 6.82. The molecule has 0 radical (unpaired) electrons. The number of Topliss-reactive ketones (excluding diaryl/α,β-unsaturated/α-hetero) is 1. The molecule has 9 heteroatoms. The molecule has 5 nitrogen and oxygen atoms in total. The number of fused-ring (bicyclic) bond motifs is 1. The van der Waals surface area contributed by atoms with E-state index in [1.807, 2.05) is 15.7 Å². The summed E-state index contributed by atoms with van der Waals surface area (Å²) in [4.78, 5) is 12.3. The first-order chi connectivity index (χ1) is 9.07. The van der Waals surface area contributed by atoms with E-state index >= 15 is 0 Å². The topological polar surface area (TPSA) is 67.8 Å². The van der Waals surface area contributed by atoms with Gasteiger partial charge < -0.3 is 14.6 Å². The van der Waals surface area contributed by atoms with Crippen molar-refractivity contribution in [2.75, 3.05) is 0 Å². The molecule has 0 aliphatic carbocycles. The molecule has 0 unspecified atom stereocenters. The standard InChI is InChI=1S/C11H17B4NO4/c1-5(16-10(12,13)18)9(17)6-2-3-7-8(4-6)20-11(14,15)19-7/h2-5,16,18H,12-15H2,1H3/t5-/m0/s1. The summed E-state index contributed by atoms with van der Waals surface area (Å²) in [5.41, 5.74) is -1.29. The van der Waals surface area contributed by atoms with Gasteiger partial charge in [0.05, 0.1) is 6.04 Å². The Morgan fingerprint density at radius 3 is 2.55 bits per heavy atom. The fourth-order valence-electron chi connectivity index (χ4n) is 2.22. The molecule has 0 spiro atoms. The van der Waals surface area contributed by atoms with Gasteiger partial charge in [-0.1, -0.05) is 0 Å². The van der Waals surface area contributed by atoms with Crippen LogP contribution in [0.2, 0.25) is 0 Å². The van der Waals surface area contributed by atoms with Crippen LogP contribution in [0.1, 0.15) is 17.3 Å². The molecule has 1 aromatic carbocycles. The van der Waals surface area contributed by atoms with Gasteiger partial charge >= 0.3 is 0 Å². The second-order valence-electron chi connectivity index (χ2n) is 6.05. The van der Waals surface area contributed by atoms with E-state index in [1.54, 1.807) is 40.8 Å². The molecular weight excluding hydrogens is 253 g/mol. The molecule has 1 aliphatic heterocycles. The molecule has 2 rings (SSSR count). The molecule has 1 aromatic rings. The Labute approximate surface area is 122 Å². The van der Waals surface area contributed by atoms with Gasteiger partial charge in [0.1, 0.15) is 15.7 Å². The van der Waals surface area contributed by atoms with Gasteiger partial charge in [-0.2, -0.15) is 0 Å². The second kappa shape index (κ2) is 4.90. The number of nitrogens with one attached hydrogen (secondary N) is 1. The molecule has 0 saturated carbocycles. The third-order valence-corrected chi connectivity index (χ3v) is 2.90. The highest BCUT2D eigenvalue weighted by Gasteiger charge is 2.32. The van der Waals surface area contributed by atoms with Gasteiger partial charge in [0.15, 0.2) is 38.6 Å². The normalized spacial score (nSPS) is 17.7. The fraction of sp³-hybridized carbons (Fsp3) is 0.364. The molecule has 0 bridgehead atoms. The van der Waals surface area contributed by atoms with Crippen molar-refractivity contribution in [3.63, 3.8) is 0 Å². The van der Waals surface area contributed by atoms with E-state index in [1.165, 1.54) is 0 Å². The van der Waals surface area contributed by atoms with Gasteiger partial charge in [0, 0.05) is 11.1 Å². The molecule has 1 heterocycles. The van der Waals surface area contributed by atoms with Gasteiger partial charge in [-0.25, -0.2) is 0 Å². The number of aliphatic hydroxyl groups is 1. The van der Waals surface area contributed by atoms with E-state index in [0.29, 0.717) is 17.1 Å². The maximum atomic E-state index is 12.3. The zero-order valence-corrected chi connectivity index (χ0v) is 12.5. The van der Waals surface area contributed by atoms with Crippen molar-refractivity contribution >= 4 is 37.2 Å². The molecule has 102 valence electrons. The minimum atomic E-state index is -1.10. The second-order valence-corrected chi connectivity index (χ2v) is 6.05. The highest BCUT2D eigenvalue weighted by molar-refractivity contribution is 6.39. The van der Waals surface area contributed by atoms with Crippen LogP contribution >= 0.6 is 0 Å². The number of carbonyl (C=O) groups excluding carboxylic acids is 1. The maximum absolute atomic E-state index is 12.3. The fourth-order valence-corrected chi connectivity index (χ4v) is 2.22. The van der Waals surface area contributed by atoms with Crippen LogP contribution in [-0.4, -0.2) is 59.4 Å². The summed E-state index contributed by atoms with van der Waals surface area (Å²) in [5.74, 6) is 1.09. The van der Waals surface area contributed by atoms with Crippen LogP contribution in [0, 0.1) is 0 Å². The van der Waals surface area contributed by atoms with E-state index in [9.17, 15) is 9.90 Å². The maximum Gasteiger partial charge on any atom is 0.197 e. The average Bonchev–Trinajstić information content (AvgIpc) is 2.58. The lowest BCUT2D eigenvalue weighted by atomic mass is 9.73. The smallest absolute Gasteiger partial charge is 0.197 e. The SMILES string of the molecule is BC(B)(O)N[C@@H](C)C(=O)c1ccc2c(c1)OC(B)(B)O2. The summed E-state index contributed by atoms with van der Waals surface area (Å²) in [6.07, 6.45) is 0. The predicted molar refractivity (Wildman–Crippen MR) is 86.5 cm³/mol. The van der Waals surface area contributed by atoms with Crippen molar-refractivity contribution in [2.24, 2.45) is 0 Å². The Balaban J connectivity index is 2.17. The van der Waals surface area contributed by atoms with Crippen LogP contribution in [0.4, 0.5) is 0 Å². The minimum absolute atomic E-state index is 0.108. The number of carbonyl (C=O) groups is 1. The Morgan fingerprint density at radius 2 is 1.95 bits per heavy atom. The Hall–Kier alpha value is -1.33. The third-order valence-electron chi connectivity index (χ3n) is 2.90. The van der Waals surface area contributed by atoms with Crippen molar-refractivity contribution < 1.29 is 19.4 Å². The quantitative estimate of drug-likeness (QED) is 0.336. The molecule has 0 amide bonds. The summed E-state index contributed by atoms with van der Waals surface area (Å²) in [6, 6.07) is 4.61. The Bertz CT molecular complexity index is 544. The van der Waals surface area contributed by atoms with Crippen LogP contribution < -0.4 is 14.8 Å². The van der Waals surface area contributed by atoms with E-state index in [4.69, 9.17) is 9.47 Å². The van der Waals surface area contributed by atoms with Crippen molar-refractivity contribution in [2.45, 2.75) is 24.1 Å². The summed E-state index contributed by atoms with van der Waals surface area (Å²) in [5, 5.41) is 12.5. The molecule has 0 saturated heterocycles. The number of hydrogen-bond donors (Lipinski definition) is 2. The largest absolute Gasteiger partial charge is 0.467 e. The number of ether oxygens (including phenoxy) is 2. The number of hydrogen-bond acceptors (Lipinski definition) is 5. The first-order valence-corrected chi connectivity index (χ1v) is 6.64. The molecule has 1 atom stereocenters. The molecule has 0 fully saturated rings. The van der Waals surface area contributed by atoms with E-state index in [-0.39, 0.29) is 5.78 Å². The number of ketones is 1. The summed E-state index contributed by atoms with van der Waals surface area (Å²) >= 11 is 0. The van der Waals surface area contributed by atoms with Gasteiger partial charge in [0.25, 0.3) is 0 Å². The minimum Gasteiger partial charge on any atom is -0.467 e. The Kier molecular flexibility index (Phi) is 3.69. The van der Waals surface area contributed by atoms with Crippen LogP contribution in [0.25, 0.3) is 0 Å². The lowest BCUT2D eigenvalue weighted by Crippen LogP contribution is -2.53.